The Morgan fingerprint density at radius 2 is 2.00 bits per heavy atom. The first kappa shape index (κ1) is 25.6. The first-order chi connectivity index (χ1) is 16.9. The van der Waals surface area contributed by atoms with Gasteiger partial charge in [0.05, 0.1) is 12.3 Å². The Morgan fingerprint density at radius 1 is 1.22 bits per heavy atom. The lowest BCUT2D eigenvalue weighted by Crippen LogP contribution is -2.41. The Kier molecular flexibility index (Phi) is 7.31. The summed E-state index contributed by atoms with van der Waals surface area (Å²) in [5.41, 5.74) is 3.55. The van der Waals surface area contributed by atoms with Gasteiger partial charge >= 0.3 is 0 Å². The fourth-order valence-electron chi connectivity index (χ4n) is 4.31. The van der Waals surface area contributed by atoms with Gasteiger partial charge in [-0.2, -0.15) is 0 Å². The number of fused-ring (bicyclic) bond motifs is 2. The average molecular weight is 511 g/mol. The number of H-pyrrole nitrogens is 1. The molecule has 4 aromatic rings. The number of carbonyl (C=O) groups excluding carboxylic acids is 1. The van der Waals surface area contributed by atoms with E-state index in [0.717, 1.165) is 27.7 Å². The molecule has 0 bridgehead atoms. The van der Waals surface area contributed by atoms with E-state index in [1.165, 1.54) is 12.1 Å². The molecule has 36 heavy (non-hydrogen) atoms. The number of pyridine rings is 1. The number of hydrogen-bond donors (Lipinski definition) is 4. The Morgan fingerprint density at radius 3 is 2.75 bits per heavy atom. The standard InChI is InChI=1S/C26H24ClFN4O3.CH4/c1-26(30-14-33)13-35-24-20(26)12-19(31-23(24)15-3-6-18(28)7-4-15)8-9-29-25(34)22-10-16-2-5-17(27)11-21(16)32-22;/h2-7,10-12,30,32-33H,8-9,13-14H2,1H3,(H,29,34);1H4. The molecule has 0 aliphatic carbocycles. The number of aliphatic hydroxyl groups is 1. The number of aromatic nitrogens is 2. The zero-order chi connectivity index (χ0) is 24.6. The number of carbonyl (C=O) groups is 1. The Hall–Kier alpha value is -3.46. The number of halogens is 2. The molecule has 1 atom stereocenters. The molecular formula is C27H28ClFN4O3. The molecule has 1 aliphatic rings. The zero-order valence-corrected chi connectivity index (χ0v) is 19.7. The van der Waals surface area contributed by atoms with Crippen LogP contribution in [0.5, 0.6) is 5.75 Å². The average Bonchev–Trinajstić information content (AvgIpc) is 3.40. The second kappa shape index (κ2) is 10.3. The van der Waals surface area contributed by atoms with E-state index in [1.54, 1.807) is 30.3 Å². The van der Waals surface area contributed by atoms with Crippen LogP contribution in [-0.4, -0.2) is 40.9 Å². The van der Waals surface area contributed by atoms with Gasteiger partial charge in [0.1, 0.15) is 23.8 Å². The van der Waals surface area contributed by atoms with E-state index in [1.807, 2.05) is 19.1 Å². The summed E-state index contributed by atoms with van der Waals surface area (Å²) in [6.07, 6.45) is 0.467. The molecule has 2 aromatic heterocycles. The summed E-state index contributed by atoms with van der Waals surface area (Å²) in [5.74, 6) is 0.0353. The molecule has 0 saturated heterocycles. The van der Waals surface area contributed by atoms with Crippen molar-refractivity contribution >= 4 is 28.4 Å². The predicted octanol–water partition coefficient (Wildman–Crippen LogP) is 4.78. The summed E-state index contributed by atoms with van der Waals surface area (Å²) in [6.45, 7) is 2.41. The van der Waals surface area contributed by atoms with Crippen LogP contribution >= 0.6 is 11.6 Å². The van der Waals surface area contributed by atoms with Gasteiger partial charge in [-0.15, -0.1) is 0 Å². The van der Waals surface area contributed by atoms with Crippen LogP contribution in [-0.2, 0) is 12.0 Å². The molecule has 0 spiro atoms. The summed E-state index contributed by atoms with van der Waals surface area (Å²) in [4.78, 5) is 20.6. The molecule has 3 heterocycles. The topological polar surface area (TPSA) is 99.3 Å². The molecule has 4 N–H and O–H groups in total. The highest BCUT2D eigenvalue weighted by atomic mass is 35.5. The van der Waals surface area contributed by atoms with Crippen LogP contribution in [0.25, 0.3) is 22.2 Å². The van der Waals surface area contributed by atoms with E-state index in [4.69, 9.17) is 21.3 Å². The van der Waals surface area contributed by atoms with Gasteiger partial charge in [-0.25, -0.2) is 9.37 Å². The minimum atomic E-state index is -0.606. The van der Waals surface area contributed by atoms with Crippen molar-refractivity contribution in [2.45, 2.75) is 26.3 Å². The summed E-state index contributed by atoms with van der Waals surface area (Å²) >= 11 is 6.03. The third-order valence-corrected chi connectivity index (χ3v) is 6.44. The molecular weight excluding hydrogens is 483 g/mol. The molecule has 9 heteroatoms. The van der Waals surface area contributed by atoms with E-state index in [9.17, 15) is 14.3 Å². The molecule has 188 valence electrons. The van der Waals surface area contributed by atoms with E-state index >= 15 is 0 Å². The largest absolute Gasteiger partial charge is 0.489 e. The van der Waals surface area contributed by atoms with Crippen molar-refractivity contribution in [3.05, 3.63) is 82.4 Å². The lowest BCUT2D eigenvalue weighted by Gasteiger charge is -2.23. The summed E-state index contributed by atoms with van der Waals surface area (Å²) < 4.78 is 19.5. The van der Waals surface area contributed by atoms with Crippen molar-refractivity contribution in [3.8, 4) is 17.0 Å². The van der Waals surface area contributed by atoms with Gasteiger partial charge in [0.15, 0.2) is 5.75 Å². The minimum absolute atomic E-state index is 0. The number of amides is 1. The van der Waals surface area contributed by atoms with Gasteiger partial charge < -0.3 is 20.1 Å². The summed E-state index contributed by atoms with van der Waals surface area (Å²) in [5, 5.41) is 17.0. The van der Waals surface area contributed by atoms with E-state index in [2.05, 4.69) is 15.6 Å². The van der Waals surface area contributed by atoms with Crippen LogP contribution in [0.4, 0.5) is 4.39 Å². The maximum atomic E-state index is 13.5. The normalized spacial score (nSPS) is 16.3. The highest BCUT2D eigenvalue weighted by molar-refractivity contribution is 6.31. The fraction of sp³-hybridized carbons (Fsp3) is 0.259. The van der Waals surface area contributed by atoms with Gasteiger partial charge in [0, 0.05) is 45.7 Å². The second-order valence-electron chi connectivity index (χ2n) is 8.72. The van der Waals surface area contributed by atoms with Crippen molar-refractivity contribution in [2.24, 2.45) is 0 Å². The maximum absolute atomic E-state index is 13.5. The van der Waals surface area contributed by atoms with Crippen LogP contribution in [0.15, 0.2) is 54.6 Å². The van der Waals surface area contributed by atoms with Crippen molar-refractivity contribution in [3.63, 3.8) is 0 Å². The quantitative estimate of drug-likeness (QED) is 0.268. The van der Waals surface area contributed by atoms with Crippen molar-refractivity contribution in [1.82, 2.24) is 20.6 Å². The molecule has 0 radical (unpaired) electrons. The highest BCUT2D eigenvalue weighted by Crippen LogP contribution is 2.43. The highest BCUT2D eigenvalue weighted by Gasteiger charge is 2.38. The molecule has 5 rings (SSSR count). The fourth-order valence-corrected chi connectivity index (χ4v) is 4.48. The number of hydrogen-bond acceptors (Lipinski definition) is 5. The molecule has 0 saturated carbocycles. The molecule has 1 aliphatic heterocycles. The monoisotopic (exact) mass is 510 g/mol. The van der Waals surface area contributed by atoms with Gasteiger partial charge in [-0.05, 0) is 55.5 Å². The first-order valence-corrected chi connectivity index (χ1v) is 11.6. The predicted molar refractivity (Wildman–Crippen MR) is 139 cm³/mol. The van der Waals surface area contributed by atoms with Gasteiger partial charge in [0.25, 0.3) is 5.91 Å². The second-order valence-corrected chi connectivity index (χ2v) is 9.16. The Balaban J connectivity index is 0.00000304. The van der Waals surface area contributed by atoms with Crippen LogP contribution in [0.2, 0.25) is 5.02 Å². The lowest BCUT2D eigenvalue weighted by molar-refractivity contribution is 0.0950. The summed E-state index contributed by atoms with van der Waals surface area (Å²) in [7, 11) is 0. The number of ether oxygens (including phenoxy) is 1. The molecule has 1 amide bonds. The van der Waals surface area contributed by atoms with Gasteiger partial charge in [-0.1, -0.05) is 25.1 Å². The SMILES string of the molecule is C.CC1(NCO)COc2c1cc(CCNC(=O)c1cc3ccc(Cl)cc3[nH]1)nc2-c1ccc(F)cc1. The van der Waals surface area contributed by atoms with E-state index in [0.29, 0.717) is 41.7 Å². The number of nitrogens with one attached hydrogen (secondary N) is 3. The number of nitrogens with zero attached hydrogens (tertiary/aromatic N) is 1. The van der Waals surface area contributed by atoms with Crippen LogP contribution < -0.4 is 15.4 Å². The maximum Gasteiger partial charge on any atom is 0.267 e. The molecule has 2 aromatic carbocycles. The molecule has 7 nitrogen and oxygen atoms in total. The van der Waals surface area contributed by atoms with Crippen LogP contribution in [0, 0.1) is 5.82 Å². The van der Waals surface area contributed by atoms with Gasteiger partial charge in [-0.3, -0.25) is 10.1 Å². The molecule has 1 unspecified atom stereocenters. The first-order valence-electron chi connectivity index (χ1n) is 11.2. The van der Waals surface area contributed by atoms with Gasteiger partial charge in [0.2, 0.25) is 0 Å². The van der Waals surface area contributed by atoms with E-state index < -0.39 is 5.54 Å². The Labute approximate surface area is 213 Å². The smallest absolute Gasteiger partial charge is 0.267 e. The van der Waals surface area contributed by atoms with E-state index in [-0.39, 0.29) is 25.9 Å². The number of benzene rings is 2. The number of rotatable bonds is 7. The number of aliphatic hydroxyl groups excluding tert-OH is 1. The number of aromatic amines is 1. The molecule has 0 fully saturated rings. The zero-order valence-electron chi connectivity index (χ0n) is 19.0. The summed E-state index contributed by atoms with van der Waals surface area (Å²) in [6, 6.07) is 15.2. The van der Waals surface area contributed by atoms with Crippen LogP contribution in [0.1, 0.15) is 36.1 Å². The third kappa shape index (κ3) is 4.93. The van der Waals surface area contributed by atoms with Crippen molar-refractivity contribution in [2.75, 3.05) is 19.9 Å². The van der Waals surface area contributed by atoms with Crippen molar-refractivity contribution in [1.29, 1.82) is 0 Å². The van der Waals surface area contributed by atoms with Crippen molar-refractivity contribution < 1.29 is 19.0 Å². The van der Waals surface area contributed by atoms with Crippen LogP contribution in [0.3, 0.4) is 0 Å². The lowest BCUT2D eigenvalue weighted by atomic mass is 9.92. The third-order valence-electron chi connectivity index (χ3n) is 6.21. The minimum Gasteiger partial charge on any atom is -0.489 e. The Bertz CT molecular complexity index is 1410.